The van der Waals surface area contributed by atoms with E-state index in [1.165, 1.54) is 12.1 Å². The van der Waals surface area contributed by atoms with Crippen molar-refractivity contribution in [1.29, 1.82) is 0 Å². The van der Waals surface area contributed by atoms with E-state index in [4.69, 9.17) is 14.2 Å². The molecule has 1 aliphatic heterocycles. The molecule has 174 valence electrons. The van der Waals surface area contributed by atoms with Gasteiger partial charge in [-0.2, -0.15) is 0 Å². The van der Waals surface area contributed by atoms with Crippen molar-refractivity contribution in [1.82, 2.24) is 0 Å². The molecule has 0 bridgehead atoms. The summed E-state index contributed by atoms with van der Waals surface area (Å²) in [5, 5.41) is 10.4. The normalized spacial score (nSPS) is 22.9. The molecule has 1 aliphatic rings. The van der Waals surface area contributed by atoms with Gasteiger partial charge in [0.25, 0.3) is 0 Å². The second-order valence-electron chi connectivity index (χ2n) is 9.74. The van der Waals surface area contributed by atoms with Gasteiger partial charge in [-0.05, 0) is 60.1 Å². The van der Waals surface area contributed by atoms with Crippen LogP contribution in [0.3, 0.4) is 0 Å². The number of halogens is 1. The summed E-state index contributed by atoms with van der Waals surface area (Å²) in [6, 6.07) is 11.9. The molecule has 4 atom stereocenters. The van der Waals surface area contributed by atoms with Gasteiger partial charge in [0.2, 0.25) is 0 Å². The number of hydrogen-bond donors (Lipinski definition) is 1. The third-order valence-corrected chi connectivity index (χ3v) is 7.14. The fourth-order valence-electron chi connectivity index (χ4n) is 4.87. The van der Waals surface area contributed by atoms with Crippen LogP contribution in [0.1, 0.15) is 44.9 Å². The van der Waals surface area contributed by atoms with Gasteiger partial charge in [0.15, 0.2) is 11.5 Å². The van der Waals surface area contributed by atoms with Crippen molar-refractivity contribution in [2.24, 2.45) is 22.7 Å². The molecular formula is C26H33FO5. The summed E-state index contributed by atoms with van der Waals surface area (Å²) in [5.41, 5.74) is 0.195. The van der Waals surface area contributed by atoms with Crippen LogP contribution in [0, 0.1) is 28.5 Å². The van der Waals surface area contributed by atoms with Crippen LogP contribution in [0.5, 0.6) is 11.5 Å². The lowest BCUT2D eigenvalue weighted by Crippen LogP contribution is -2.49. The number of rotatable bonds is 7. The molecule has 32 heavy (non-hydrogen) atoms. The summed E-state index contributed by atoms with van der Waals surface area (Å²) < 4.78 is 30.6. The number of aliphatic carboxylic acids is 1. The molecule has 0 saturated carbocycles. The molecule has 3 rings (SSSR count). The van der Waals surface area contributed by atoms with Crippen LogP contribution < -0.4 is 9.47 Å². The molecule has 0 aromatic heterocycles. The average molecular weight is 445 g/mol. The van der Waals surface area contributed by atoms with E-state index in [1.54, 1.807) is 26.4 Å². The minimum Gasteiger partial charge on any atom is -0.493 e. The van der Waals surface area contributed by atoms with Gasteiger partial charge in [0.1, 0.15) is 5.82 Å². The number of ether oxygens (including phenoxy) is 3. The fourth-order valence-corrected chi connectivity index (χ4v) is 4.87. The first-order valence-corrected chi connectivity index (χ1v) is 10.8. The van der Waals surface area contributed by atoms with E-state index in [2.05, 4.69) is 0 Å². The Labute approximate surface area is 189 Å². The molecular weight excluding hydrogens is 411 g/mol. The Hall–Kier alpha value is -2.60. The van der Waals surface area contributed by atoms with Crippen LogP contribution in [0.15, 0.2) is 42.5 Å². The number of methoxy groups -OCH3 is 2. The zero-order valence-electron chi connectivity index (χ0n) is 19.6. The predicted molar refractivity (Wildman–Crippen MR) is 121 cm³/mol. The average Bonchev–Trinajstić information content (AvgIpc) is 3.16. The highest BCUT2D eigenvalue weighted by Crippen LogP contribution is 2.56. The summed E-state index contributed by atoms with van der Waals surface area (Å²) in [7, 11) is 3.18. The lowest BCUT2D eigenvalue weighted by atomic mass is 9.56. The van der Waals surface area contributed by atoms with Crippen LogP contribution in [0.25, 0.3) is 0 Å². The van der Waals surface area contributed by atoms with Crippen molar-refractivity contribution in [3.05, 3.63) is 59.4 Å². The maximum absolute atomic E-state index is 13.6. The highest BCUT2D eigenvalue weighted by atomic mass is 19.1. The van der Waals surface area contributed by atoms with Gasteiger partial charge >= 0.3 is 5.97 Å². The van der Waals surface area contributed by atoms with Crippen molar-refractivity contribution in [2.45, 2.75) is 40.2 Å². The zero-order chi connectivity index (χ0) is 23.7. The zero-order valence-corrected chi connectivity index (χ0v) is 19.6. The van der Waals surface area contributed by atoms with Gasteiger partial charge in [0, 0.05) is 5.92 Å². The molecule has 0 radical (unpaired) electrons. The van der Waals surface area contributed by atoms with Crippen molar-refractivity contribution in [3.63, 3.8) is 0 Å². The third kappa shape index (κ3) is 4.33. The first-order chi connectivity index (χ1) is 15.0. The summed E-state index contributed by atoms with van der Waals surface area (Å²) in [4.78, 5) is 12.7. The topological polar surface area (TPSA) is 65.0 Å². The van der Waals surface area contributed by atoms with E-state index in [0.29, 0.717) is 24.5 Å². The SMILES string of the molecule is COc1ccc(C[C@H]2CO[C@H](c3ccc(F)cc3)[C@H]2C(C)(C(=O)O)C(C)(C)C)cc1OC. The maximum atomic E-state index is 13.6. The quantitative estimate of drug-likeness (QED) is 0.609. The van der Waals surface area contributed by atoms with Gasteiger partial charge in [0.05, 0.1) is 32.3 Å². The Kier molecular flexibility index (Phi) is 6.84. The Morgan fingerprint density at radius 1 is 1.06 bits per heavy atom. The monoisotopic (exact) mass is 444 g/mol. The van der Waals surface area contributed by atoms with Gasteiger partial charge < -0.3 is 19.3 Å². The largest absolute Gasteiger partial charge is 0.493 e. The molecule has 1 saturated heterocycles. The Morgan fingerprint density at radius 3 is 2.22 bits per heavy atom. The van der Waals surface area contributed by atoms with Crippen LogP contribution >= 0.6 is 0 Å². The lowest BCUT2D eigenvalue weighted by Gasteiger charge is -2.46. The van der Waals surface area contributed by atoms with E-state index >= 15 is 0 Å². The molecule has 1 N–H and O–H groups in total. The molecule has 1 unspecified atom stereocenters. The van der Waals surface area contributed by atoms with Crippen LogP contribution in [0.2, 0.25) is 0 Å². The Bertz CT molecular complexity index is 950. The summed E-state index contributed by atoms with van der Waals surface area (Å²) in [6.07, 6.45) is 0.183. The minimum absolute atomic E-state index is 0.0523. The van der Waals surface area contributed by atoms with Crippen LogP contribution in [0.4, 0.5) is 4.39 Å². The van der Waals surface area contributed by atoms with Crippen molar-refractivity contribution >= 4 is 5.97 Å². The Balaban J connectivity index is 2.05. The molecule has 6 heteroatoms. The molecule has 1 heterocycles. The van der Waals surface area contributed by atoms with Crippen molar-refractivity contribution in [3.8, 4) is 11.5 Å². The molecule has 5 nitrogen and oxygen atoms in total. The molecule has 0 aliphatic carbocycles. The molecule has 0 amide bonds. The lowest BCUT2D eigenvalue weighted by molar-refractivity contribution is -0.164. The van der Waals surface area contributed by atoms with E-state index in [0.717, 1.165) is 11.1 Å². The van der Waals surface area contributed by atoms with Crippen molar-refractivity contribution in [2.75, 3.05) is 20.8 Å². The number of hydrogen-bond acceptors (Lipinski definition) is 4. The minimum atomic E-state index is -1.08. The highest BCUT2D eigenvalue weighted by molar-refractivity contribution is 5.76. The van der Waals surface area contributed by atoms with Crippen LogP contribution in [-0.4, -0.2) is 31.9 Å². The molecule has 2 aromatic rings. The second-order valence-corrected chi connectivity index (χ2v) is 9.74. The summed E-state index contributed by atoms with van der Waals surface area (Å²) in [6.45, 7) is 8.09. The standard InChI is InChI=1S/C26H33FO5/c1-25(2,3)26(4,24(28)29)22-18(13-16-7-12-20(30-5)21(14-16)31-6)15-32-23(22)17-8-10-19(27)11-9-17/h7-12,14,18,22-23H,13,15H2,1-6H3,(H,28,29)/t18-,22-,23+,26?/m0/s1. The number of carbonyl (C=O) groups is 1. The van der Waals surface area contributed by atoms with Gasteiger partial charge in [-0.3, -0.25) is 4.79 Å². The van der Waals surface area contributed by atoms with Gasteiger partial charge in [-0.1, -0.05) is 39.0 Å². The van der Waals surface area contributed by atoms with Gasteiger partial charge in [-0.25, -0.2) is 4.39 Å². The predicted octanol–water partition coefficient (Wildman–Crippen LogP) is 5.53. The van der Waals surface area contributed by atoms with E-state index in [1.807, 2.05) is 45.9 Å². The number of carboxylic acid groups (broad SMARTS) is 1. The van der Waals surface area contributed by atoms with Gasteiger partial charge in [-0.15, -0.1) is 0 Å². The first-order valence-electron chi connectivity index (χ1n) is 10.8. The van der Waals surface area contributed by atoms with E-state index in [-0.39, 0.29) is 17.7 Å². The maximum Gasteiger partial charge on any atom is 0.310 e. The first kappa shape index (κ1) is 24.1. The number of carboxylic acids is 1. The fraction of sp³-hybridized carbons (Fsp3) is 0.500. The van der Waals surface area contributed by atoms with Crippen LogP contribution in [-0.2, 0) is 16.0 Å². The second kappa shape index (κ2) is 9.10. The number of benzene rings is 2. The van der Waals surface area contributed by atoms with Crippen molar-refractivity contribution < 1.29 is 28.5 Å². The Morgan fingerprint density at radius 2 is 1.69 bits per heavy atom. The summed E-state index contributed by atoms with van der Waals surface area (Å²) >= 11 is 0. The third-order valence-electron chi connectivity index (χ3n) is 7.14. The smallest absolute Gasteiger partial charge is 0.310 e. The molecule has 0 spiro atoms. The van der Waals surface area contributed by atoms with E-state index < -0.39 is 22.9 Å². The molecule has 1 fully saturated rings. The van der Waals surface area contributed by atoms with E-state index in [9.17, 15) is 14.3 Å². The molecule has 2 aromatic carbocycles. The summed E-state index contributed by atoms with van der Waals surface area (Å²) in [5.74, 6) is -0.286. The highest BCUT2D eigenvalue weighted by Gasteiger charge is 2.58.